The van der Waals surface area contributed by atoms with Gasteiger partial charge in [-0.2, -0.15) is 0 Å². The van der Waals surface area contributed by atoms with Gasteiger partial charge in [0.05, 0.1) is 0 Å². The first-order valence-electron chi connectivity index (χ1n) is 7.48. The van der Waals surface area contributed by atoms with E-state index in [2.05, 4.69) is 12.1 Å². The third-order valence-electron chi connectivity index (χ3n) is 3.89. The number of carbonyl (C=O) groups is 1. The average molecular weight is 286 g/mol. The van der Waals surface area contributed by atoms with E-state index >= 15 is 0 Å². The zero-order chi connectivity index (χ0) is 15.4. The predicted molar refractivity (Wildman–Crippen MR) is 90.3 cm³/mol. The van der Waals surface area contributed by atoms with Crippen molar-refractivity contribution in [3.8, 4) is 0 Å². The van der Waals surface area contributed by atoms with Crippen molar-refractivity contribution in [1.82, 2.24) is 0 Å². The molecule has 0 aliphatic heterocycles. The summed E-state index contributed by atoms with van der Waals surface area (Å²) in [6.45, 7) is 1.98. The van der Waals surface area contributed by atoms with E-state index < -0.39 is 0 Å². The number of rotatable bonds is 4. The van der Waals surface area contributed by atoms with Crippen molar-refractivity contribution in [2.24, 2.45) is 0 Å². The lowest BCUT2D eigenvalue weighted by Crippen LogP contribution is -2.07. The Kier molecular flexibility index (Phi) is 4.15. The van der Waals surface area contributed by atoms with Crippen LogP contribution in [0.4, 0.5) is 0 Å². The summed E-state index contributed by atoms with van der Waals surface area (Å²) in [4.78, 5) is 12.9. The molecule has 3 rings (SSSR count). The van der Waals surface area contributed by atoms with Gasteiger partial charge >= 0.3 is 0 Å². The van der Waals surface area contributed by atoms with Crippen LogP contribution in [0, 0.1) is 6.92 Å². The molecule has 0 saturated heterocycles. The molecule has 0 aliphatic carbocycles. The highest BCUT2D eigenvalue weighted by molar-refractivity contribution is 6.10. The van der Waals surface area contributed by atoms with Crippen molar-refractivity contribution < 1.29 is 4.79 Å². The van der Waals surface area contributed by atoms with E-state index in [0.29, 0.717) is 0 Å². The van der Waals surface area contributed by atoms with Crippen molar-refractivity contribution >= 4 is 5.78 Å². The summed E-state index contributed by atoms with van der Waals surface area (Å²) in [5.74, 6) is 0.102. The topological polar surface area (TPSA) is 17.1 Å². The Morgan fingerprint density at radius 2 is 1.32 bits per heavy atom. The fourth-order valence-electron chi connectivity index (χ4n) is 2.68. The molecule has 0 N–H and O–H groups in total. The summed E-state index contributed by atoms with van der Waals surface area (Å²) in [5, 5.41) is 0. The van der Waals surface area contributed by atoms with Gasteiger partial charge in [-0.3, -0.25) is 4.79 Å². The van der Waals surface area contributed by atoms with Gasteiger partial charge in [0.25, 0.3) is 0 Å². The fourth-order valence-corrected chi connectivity index (χ4v) is 2.68. The molecule has 0 spiro atoms. The van der Waals surface area contributed by atoms with Crippen LogP contribution in [0.2, 0.25) is 0 Å². The summed E-state index contributed by atoms with van der Waals surface area (Å²) in [5.41, 5.74) is 4.88. The van der Waals surface area contributed by atoms with Crippen LogP contribution in [-0.2, 0) is 6.42 Å². The van der Waals surface area contributed by atoms with Crippen molar-refractivity contribution in [3.05, 3.63) is 107 Å². The first-order valence-corrected chi connectivity index (χ1v) is 7.48. The molecule has 1 heteroatoms. The summed E-state index contributed by atoms with van der Waals surface area (Å²) in [6.07, 6.45) is 0.772. The van der Waals surface area contributed by atoms with Gasteiger partial charge in [-0.1, -0.05) is 78.9 Å². The van der Waals surface area contributed by atoms with Crippen LogP contribution in [0.25, 0.3) is 0 Å². The molecule has 3 aromatic rings. The van der Waals surface area contributed by atoms with Gasteiger partial charge in [0.1, 0.15) is 0 Å². The van der Waals surface area contributed by atoms with E-state index in [-0.39, 0.29) is 5.78 Å². The van der Waals surface area contributed by atoms with Gasteiger partial charge in [0.2, 0.25) is 0 Å². The van der Waals surface area contributed by atoms with Crippen LogP contribution in [0.5, 0.6) is 0 Å². The molecule has 0 atom stereocenters. The molecule has 3 aromatic carbocycles. The maximum absolute atomic E-state index is 12.9. The highest BCUT2D eigenvalue weighted by Crippen LogP contribution is 2.19. The highest BCUT2D eigenvalue weighted by Gasteiger charge is 2.14. The lowest BCUT2D eigenvalue weighted by Gasteiger charge is -2.10. The predicted octanol–water partition coefficient (Wildman–Crippen LogP) is 4.82. The van der Waals surface area contributed by atoms with Gasteiger partial charge in [-0.15, -0.1) is 0 Å². The maximum Gasteiger partial charge on any atom is 0.193 e. The fraction of sp³-hybridized carbons (Fsp3) is 0.0952. The van der Waals surface area contributed by atoms with E-state index in [4.69, 9.17) is 0 Å². The van der Waals surface area contributed by atoms with Crippen molar-refractivity contribution in [3.63, 3.8) is 0 Å². The zero-order valence-electron chi connectivity index (χ0n) is 12.6. The SMILES string of the molecule is Cc1ccccc1C(=O)c1ccccc1Cc1ccccc1. The van der Waals surface area contributed by atoms with E-state index in [9.17, 15) is 4.79 Å². The Morgan fingerprint density at radius 1 is 0.727 bits per heavy atom. The van der Waals surface area contributed by atoms with Gasteiger partial charge < -0.3 is 0 Å². The van der Waals surface area contributed by atoms with E-state index in [1.54, 1.807) is 0 Å². The molecule has 0 amide bonds. The minimum atomic E-state index is 0.102. The first-order chi connectivity index (χ1) is 10.8. The molecule has 0 fully saturated rings. The maximum atomic E-state index is 12.9. The van der Waals surface area contributed by atoms with Crippen LogP contribution in [-0.4, -0.2) is 5.78 Å². The minimum Gasteiger partial charge on any atom is -0.289 e. The monoisotopic (exact) mass is 286 g/mol. The van der Waals surface area contributed by atoms with Crippen molar-refractivity contribution in [1.29, 1.82) is 0 Å². The Hall–Kier alpha value is -2.67. The second-order valence-corrected chi connectivity index (χ2v) is 5.46. The zero-order valence-corrected chi connectivity index (χ0v) is 12.6. The largest absolute Gasteiger partial charge is 0.289 e. The molecule has 0 unspecified atom stereocenters. The van der Waals surface area contributed by atoms with Crippen LogP contribution in [0.1, 0.15) is 32.6 Å². The molecular weight excluding hydrogens is 268 g/mol. The number of hydrogen-bond acceptors (Lipinski definition) is 1. The van der Waals surface area contributed by atoms with E-state index in [0.717, 1.165) is 28.7 Å². The Bertz CT molecular complexity index is 788. The van der Waals surface area contributed by atoms with Crippen LogP contribution in [0.15, 0.2) is 78.9 Å². The molecule has 0 saturated carbocycles. The third kappa shape index (κ3) is 2.99. The second-order valence-electron chi connectivity index (χ2n) is 5.46. The Labute approximate surface area is 131 Å². The average Bonchev–Trinajstić information content (AvgIpc) is 2.56. The number of ketones is 1. The molecule has 1 nitrogen and oxygen atoms in total. The van der Waals surface area contributed by atoms with E-state index in [1.165, 1.54) is 5.56 Å². The lowest BCUT2D eigenvalue weighted by atomic mass is 9.92. The molecular formula is C21H18O. The van der Waals surface area contributed by atoms with Crippen LogP contribution < -0.4 is 0 Å². The van der Waals surface area contributed by atoms with E-state index in [1.807, 2.05) is 73.7 Å². The molecule has 22 heavy (non-hydrogen) atoms. The Balaban J connectivity index is 1.98. The minimum absolute atomic E-state index is 0.102. The smallest absolute Gasteiger partial charge is 0.193 e. The summed E-state index contributed by atoms with van der Waals surface area (Å²) in [7, 11) is 0. The summed E-state index contributed by atoms with van der Waals surface area (Å²) >= 11 is 0. The van der Waals surface area contributed by atoms with Gasteiger partial charge in [0.15, 0.2) is 5.78 Å². The molecule has 0 heterocycles. The molecule has 0 aliphatic rings. The van der Waals surface area contributed by atoms with Crippen molar-refractivity contribution in [2.75, 3.05) is 0 Å². The first kappa shape index (κ1) is 14.3. The molecule has 0 radical (unpaired) electrons. The third-order valence-corrected chi connectivity index (χ3v) is 3.89. The number of hydrogen-bond donors (Lipinski definition) is 0. The second kappa shape index (κ2) is 6.40. The number of aryl methyl sites for hydroxylation is 1. The lowest BCUT2D eigenvalue weighted by molar-refractivity contribution is 0.103. The van der Waals surface area contributed by atoms with Crippen LogP contribution >= 0.6 is 0 Å². The van der Waals surface area contributed by atoms with Crippen molar-refractivity contribution in [2.45, 2.75) is 13.3 Å². The van der Waals surface area contributed by atoms with Gasteiger partial charge in [-0.05, 0) is 30.0 Å². The Morgan fingerprint density at radius 3 is 2.05 bits per heavy atom. The summed E-state index contributed by atoms with van der Waals surface area (Å²) < 4.78 is 0. The highest BCUT2D eigenvalue weighted by atomic mass is 16.1. The molecule has 108 valence electrons. The summed E-state index contributed by atoms with van der Waals surface area (Å²) in [6, 6.07) is 25.9. The number of benzene rings is 3. The normalized spacial score (nSPS) is 10.4. The standard InChI is InChI=1S/C21H18O/c1-16-9-5-7-13-19(16)21(22)20-14-8-6-12-18(20)15-17-10-3-2-4-11-17/h2-14H,15H2,1H3. The molecule has 0 aromatic heterocycles. The van der Waals surface area contributed by atoms with Crippen LogP contribution in [0.3, 0.4) is 0 Å². The number of carbonyl (C=O) groups excluding carboxylic acids is 1. The molecule has 0 bridgehead atoms. The van der Waals surface area contributed by atoms with Gasteiger partial charge in [-0.25, -0.2) is 0 Å². The van der Waals surface area contributed by atoms with Gasteiger partial charge in [0, 0.05) is 11.1 Å². The quantitative estimate of drug-likeness (QED) is 0.629.